The summed E-state index contributed by atoms with van der Waals surface area (Å²) in [6.07, 6.45) is 3.74. The highest BCUT2D eigenvalue weighted by Gasteiger charge is 2.30. The SMILES string of the molecule is CCC(C)(c1ccc(F)cc1Cl)n1ccc2c(NS(C)(=O)=O)cccc21. The fourth-order valence-electron chi connectivity index (χ4n) is 3.30. The lowest BCUT2D eigenvalue weighted by Crippen LogP contribution is -2.30. The molecule has 7 heteroatoms. The van der Waals surface area contributed by atoms with E-state index in [2.05, 4.69) is 9.29 Å². The number of fused-ring (bicyclic) bond motifs is 1. The number of halogens is 2. The highest BCUT2D eigenvalue weighted by atomic mass is 35.5. The number of hydrogen-bond acceptors (Lipinski definition) is 2. The van der Waals surface area contributed by atoms with Crippen LogP contribution in [0.5, 0.6) is 0 Å². The normalized spacial score (nSPS) is 14.3. The van der Waals surface area contributed by atoms with Crippen LogP contribution in [0.3, 0.4) is 0 Å². The second-order valence-corrected chi connectivity index (χ2v) is 8.71. The van der Waals surface area contributed by atoms with E-state index < -0.39 is 15.6 Å². The van der Waals surface area contributed by atoms with Gasteiger partial charge in [0.15, 0.2) is 0 Å². The van der Waals surface area contributed by atoms with Crippen LogP contribution < -0.4 is 4.72 Å². The fraction of sp³-hybridized carbons (Fsp3) is 0.263. The highest BCUT2D eigenvalue weighted by molar-refractivity contribution is 7.92. The smallest absolute Gasteiger partial charge is 0.229 e. The van der Waals surface area contributed by atoms with E-state index in [0.717, 1.165) is 22.7 Å². The quantitative estimate of drug-likeness (QED) is 0.663. The van der Waals surface area contributed by atoms with Gasteiger partial charge in [-0.3, -0.25) is 4.72 Å². The van der Waals surface area contributed by atoms with Crippen LogP contribution in [0.2, 0.25) is 5.02 Å². The number of sulfonamides is 1. The van der Waals surface area contributed by atoms with Crippen molar-refractivity contribution in [2.45, 2.75) is 25.8 Å². The van der Waals surface area contributed by atoms with Gasteiger partial charge in [-0.25, -0.2) is 12.8 Å². The number of benzene rings is 2. The molecule has 0 fully saturated rings. The predicted octanol–water partition coefficient (Wildman–Crippen LogP) is 4.98. The topological polar surface area (TPSA) is 51.1 Å². The average molecular weight is 395 g/mol. The third-order valence-corrected chi connectivity index (χ3v) is 5.66. The van der Waals surface area contributed by atoms with E-state index in [9.17, 15) is 12.8 Å². The molecule has 1 aromatic heterocycles. The summed E-state index contributed by atoms with van der Waals surface area (Å²) in [5.74, 6) is -0.380. The molecule has 0 saturated heterocycles. The van der Waals surface area contributed by atoms with Crippen molar-refractivity contribution in [3.63, 3.8) is 0 Å². The number of anilines is 1. The molecule has 1 heterocycles. The monoisotopic (exact) mass is 394 g/mol. The van der Waals surface area contributed by atoms with Gasteiger partial charge in [0.05, 0.1) is 23.0 Å². The Labute approximate surface area is 157 Å². The molecule has 26 heavy (non-hydrogen) atoms. The lowest BCUT2D eigenvalue weighted by molar-refractivity contribution is 0.391. The van der Waals surface area contributed by atoms with Crippen LogP contribution in [-0.2, 0) is 15.6 Å². The van der Waals surface area contributed by atoms with E-state index in [1.807, 2.05) is 32.2 Å². The van der Waals surface area contributed by atoms with Crippen LogP contribution in [-0.4, -0.2) is 19.2 Å². The van der Waals surface area contributed by atoms with Crippen LogP contribution >= 0.6 is 11.6 Å². The Kier molecular flexibility index (Phi) is 4.75. The first-order valence-corrected chi connectivity index (χ1v) is 10.5. The Balaban J connectivity index is 2.21. The molecule has 138 valence electrons. The van der Waals surface area contributed by atoms with Gasteiger partial charge in [0.1, 0.15) is 5.82 Å². The van der Waals surface area contributed by atoms with Gasteiger partial charge < -0.3 is 4.57 Å². The third kappa shape index (κ3) is 3.31. The van der Waals surface area contributed by atoms with E-state index >= 15 is 0 Å². The Morgan fingerprint density at radius 2 is 1.96 bits per heavy atom. The van der Waals surface area contributed by atoms with Gasteiger partial charge in [-0.1, -0.05) is 30.7 Å². The predicted molar refractivity (Wildman–Crippen MR) is 105 cm³/mol. The van der Waals surface area contributed by atoms with Crippen molar-refractivity contribution in [2.24, 2.45) is 0 Å². The van der Waals surface area contributed by atoms with Crippen molar-refractivity contribution in [3.05, 3.63) is 65.1 Å². The maximum absolute atomic E-state index is 13.5. The van der Waals surface area contributed by atoms with Gasteiger partial charge >= 0.3 is 0 Å². The number of nitrogens with one attached hydrogen (secondary N) is 1. The van der Waals surface area contributed by atoms with Gasteiger partial charge in [0.25, 0.3) is 0 Å². The first-order chi connectivity index (χ1) is 12.2. The minimum atomic E-state index is -3.39. The molecule has 0 aliphatic carbocycles. The molecular weight excluding hydrogens is 375 g/mol. The maximum Gasteiger partial charge on any atom is 0.229 e. The first-order valence-electron chi connectivity index (χ1n) is 8.19. The van der Waals surface area contributed by atoms with Crippen molar-refractivity contribution >= 4 is 38.2 Å². The Morgan fingerprint density at radius 3 is 2.58 bits per heavy atom. The molecule has 0 radical (unpaired) electrons. The van der Waals surface area contributed by atoms with Crippen LogP contribution in [0.15, 0.2) is 48.7 Å². The Bertz CT molecular complexity index is 1080. The molecule has 0 bridgehead atoms. The van der Waals surface area contributed by atoms with Gasteiger partial charge in [-0.15, -0.1) is 0 Å². The molecule has 4 nitrogen and oxygen atoms in total. The average Bonchev–Trinajstić information content (AvgIpc) is 2.98. The van der Waals surface area contributed by atoms with E-state index in [1.54, 1.807) is 18.2 Å². The third-order valence-electron chi connectivity index (χ3n) is 4.76. The highest BCUT2D eigenvalue weighted by Crippen LogP contribution is 2.38. The molecular formula is C19H20ClFN2O2S. The maximum atomic E-state index is 13.5. The van der Waals surface area contributed by atoms with Gasteiger partial charge in [-0.05, 0) is 49.2 Å². The Hall–Kier alpha value is -2.05. The minimum absolute atomic E-state index is 0.363. The number of nitrogens with zero attached hydrogens (tertiary/aromatic N) is 1. The Morgan fingerprint density at radius 1 is 1.23 bits per heavy atom. The van der Waals surface area contributed by atoms with Crippen molar-refractivity contribution in [1.82, 2.24) is 4.57 Å². The van der Waals surface area contributed by atoms with Crippen molar-refractivity contribution in [2.75, 3.05) is 11.0 Å². The summed E-state index contributed by atoms with van der Waals surface area (Å²) in [7, 11) is -3.39. The molecule has 0 amide bonds. The molecule has 3 aromatic rings. The van der Waals surface area contributed by atoms with Crippen molar-refractivity contribution < 1.29 is 12.8 Å². The zero-order valence-electron chi connectivity index (χ0n) is 14.8. The lowest BCUT2D eigenvalue weighted by atomic mass is 9.88. The van der Waals surface area contributed by atoms with E-state index in [4.69, 9.17) is 11.6 Å². The molecule has 1 unspecified atom stereocenters. The van der Waals surface area contributed by atoms with Crippen LogP contribution in [0.1, 0.15) is 25.8 Å². The zero-order valence-corrected chi connectivity index (χ0v) is 16.3. The number of aromatic nitrogens is 1. The number of rotatable bonds is 5. The summed E-state index contributed by atoms with van der Waals surface area (Å²) in [5.41, 5.74) is 1.67. The van der Waals surface area contributed by atoms with Gasteiger partial charge in [-0.2, -0.15) is 0 Å². The van der Waals surface area contributed by atoms with Gasteiger partial charge in [0, 0.05) is 16.6 Å². The summed E-state index contributed by atoms with van der Waals surface area (Å²) >= 11 is 6.33. The lowest BCUT2D eigenvalue weighted by Gasteiger charge is -2.33. The molecule has 0 aliphatic rings. The molecule has 3 rings (SSSR count). The minimum Gasteiger partial charge on any atom is -0.337 e. The van der Waals surface area contributed by atoms with Crippen molar-refractivity contribution in [1.29, 1.82) is 0 Å². The summed E-state index contributed by atoms with van der Waals surface area (Å²) in [4.78, 5) is 0. The van der Waals surface area contributed by atoms with Crippen LogP contribution in [0.4, 0.5) is 10.1 Å². The summed E-state index contributed by atoms with van der Waals surface area (Å²) in [6, 6.07) is 11.7. The molecule has 0 saturated carbocycles. The summed E-state index contributed by atoms with van der Waals surface area (Å²) < 4.78 is 41.4. The fourth-order valence-corrected chi connectivity index (χ4v) is 4.25. The second-order valence-electron chi connectivity index (χ2n) is 6.55. The summed E-state index contributed by atoms with van der Waals surface area (Å²) in [6.45, 7) is 4.06. The number of hydrogen-bond donors (Lipinski definition) is 1. The molecule has 0 aliphatic heterocycles. The second kappa shape index (κ2) is 6.59. The van der Waals surface area contributed by atoms with Crippen molar-refractivity contribution in [3.8, 4) is 0 Å². The van der Waals surface area contributed by atoms with E-state index in [-0.39, 0.29) is 5.82 Å². The largest absolute Gasteiger partial charge is 0.337 e. The van der Waals surface area contributed by atoms with E-state index in [1.165, 1.54) is 12.1 Å². The standard InChI is InChI=1S/C19H20ClFN2O2S/c1-4-19(2,15-9-8-13(21)12-16(15)20)23-11-10-14-17(22-26(3,24)25)6-5-7-18(14)23/h5-12,22H,4H2,1-3H3. The molecule has 1 atom stereocenters. The molecule has 0 spiro atoms. The molecule has 1 N–H and O–H groups in total. The zero-order chi connectivity index (χ0) is 19.1. The van der Waals surface area contributed by atoms with Crippen LogP contribution in [0, 0.1) is 5.82 Å². The summed E-state index contributed by atoms with van der Waals surface area (Å²) in [5, 5.41) is 1.15. The van der Waals surface area contributed by atoms with Crippen LogP contribution in [0.25, 0.3) is 10.9 Å². The van der Waals surface area contributed by atoms with E-state index in [0.29, 0.717) is 17.1 Å². The molecule has 2 aromatic carbocycles. The van der Waals surface area contributed by atoms with Gasteiger partial charge in [0.2, 0.25) is 10.0 Å². The first kappa shape index (κ1) is 18.7.